The maximum absolute atomic E-state index is 14.0. The molecule has 19 heteroatoms. The van der Waals surface area contributed by atoms with Crippen molar-refractivity contribution in [2.24, 2.45) is 0 Å². The molecule has 43 heavy (non-hydrogen) atoms. The van der Waals surface area contributed by atoms with Crippen molar-refractivity contribution in [1.82, 2.24) is 10.3 Å². The number of methoxy groups -OCH3 is 1. The molecule has 0 aliphatic carbocycles. The van der Waals surface area contributed by atoms with Crippen molar-refractivity contribution in [2.75, 3.05) is 13.7 Å². The first kappa shape index (κ1) is 35.7. The van der Waals surface area contributed by atoms with Crippen LogP contribution in [-0.4, -0.2) is 66.4 Å². The van der Waals surface area contributed by atoms with Crippen LogP contribution in [0.4, 0.5) is 57.1 Å². The first-order chi connectivity index (χ1) is 19.4. The fourth-order valence-corrected chi connectivity index (χ4v) is 4.02. The van der Waals surface area contributed by atoms with Crippen molar-refractivity contribution in [3.05, 3.63) is 52.6 Å². The molecule has 0 spiro atoms. The van der Waals surface area contributed by atoms with Gasteiger partial charge in [-0.1, -0.05) is 6.07 Å². The molecule has 0 amide bonds. The number of esters is 2. The van der Waals surface area contributed by atoms with Crippen molar-refractivity contribution >= 4 is 11.9 Å². The lowest BCUT2D eigenvalue weighted by atomic mass is 9.81. The summed E-state index contributed by atoms with van der Waals surface area (Å²) in [4.78, 5) is 29.3. The zero-order valence-electron chi connectivity index (χ0n) is 22.0. The van der Waals surface area contributed by atoms with Crippen LogP contribution in [0.1, 0.15) is 38.2 Å². The number of rotatable bonds is 11. The number of nitrogens with one attached hydrogen (secondary N) is 1. The van der Waals surface area contributed by atoms with Crippen LogP contribution in [0, 0.1) is 0 Å². The van der Waals surface area contributed by atoms with E-state index in [1.165, 1.54) is 38.4 Å². The molecular formula is C24H21F13N2O4. The Morgan fingerprint density at radius 2 is 1.33 bits per heavy atom. The SMILES string of the molecule is COC(=O)C1=C(C)NC(C)=C(C(=O)OCCCC(F)(F)C(F)(F)C(F)(F)C(F)(F)C(F)(F)C(F)(F)F)C1c1cccnc1. The van der Waals surface area contributed by atoms with Crippen LogP contribution in [0.2, 0.25) is 0 Å². The molecule has 1 aliphatic rings. The van der Waals surface area contributed by atoms with Gasteiger partial charge in [0.2, 0.25) is 0 Å². The van der Waals surface area contributed by atoms with Gasteiger partial charge in [-0.3, -0.25) is 4.98 Å². The number of aromatic nitrogens is 1. The lowest BCUT2D eigenvalue weighted by molar-refractivity contribution is -0.440. The molecule has 6 nitrogen and oxygen atoms in total. The van der Waals surface area contributed by atoms with E-state index < -0.39 is 73.1 Å². The second-order valence-corrected chi connectivity index (χ2v) is 9.15. The minimum atomic E-state index is -8.00. The smallest absolute Gasteiger partial charge is 0.460 e. The molecule has 2 heterocycles. The molecule has 0 bridgehead atoms. The first-order valence-corrected chi connectivity index (χ1v) is 11.7. The second-order valence-electron chi connectivity index (χ2n) is 9.15. The molecule has 0 saturated carbocycles. The number of halogens is 13. The number of hydrogen-bond donors (Lipinski definition) is 1. The van der Waals surface area contributed by atoms with E-state index in [1.807, 2.05) is 0 Å². The van der Waals surface area contributed by atoms with E-state index in [1.54, 1.807) is 0 Å². The van der Waals surface area contributed by atoms with Crippen LogP contribution in [0.15, 0.2) is 47.1 Å². The summed E-state index contributed by atoms with van der Waals surface area (Å²) in [5, 5.41) is 2.69. The highest BCUT2D eigenvalue weighted by molar-refractivity contribution is 5.99. The summed E-state index contributed by atoms with van der Waals surface area (Å²) in [7, 11) is 1.02. The maximum Gasteiger partial charge on any atom is 0.460 e. The molecule has 0 fully saturated rings. The number of hydrogen-bond acceptors (Lipinski definition) is 6. The van der Waals surface area contributed by atoms with Crippen molar-refractivity contribution in [3.8, 4) is 0 Å². The summed E-state index contributed by atoms with van der Waals surface area (Å²) in [6, 6.07) is 2.85. The van der Waals surface area contributed by atoms with E-state index in [0.29, 0.717) is 0 Å². The summed E-state index contributed by atoms with van der Waals surface area (Å²) in [6.45, 7) is 1.48. The molecule has 242 valence electrons. The molecular weight excluding hydrogens is 627 g/mol. The van der Waals surface area contributed by atoms with Crippen molar-refractivity contribution in [3.63, 3.8) is 0 Å². The highest BCUT2D eigenvalue weighted by Crippen LogP contribution is 2.60. The van der Waals surface area contributed by atoms with Crippen molar-refractivity contribution < 1.29 is 76.1 Å². The van der Waals surface area contributed by atoms with Crippen molar-refractivity contribution in [1.29, 1.82) is 0 Å². The van der Waals surface area contributed by atoms with E-state index in [4.69, 9.17) is 9.47 Å². The topological polar surface area (TPSA) is 77.5 Å². The second kappa shape index (κ2) is 11.9. The normalized spacial score (nSPS) is 17.5. The van der Waals surface area contributed by atoms with Gasteiger partial charge in [-0.2, -0.15) is 57.1 Å². The fourth-order valence-electron chi connectivity index (χ4n) is 4.02. The molecule has 0 radical (unpaired) electrons. The zero-order chi connectivity index (χ0) is 33.4. The lowest BCUT2D eigenvalue weighted by Gasteiger charge is -2.39. The van der Waals surface area contributed by atoms with E-state index in [9.17, 15) is 66.7 Å². The number of dihydropyridines is 1. The fraction of sp³-hybridized carbons (Fsp3) is 0.542. The van der Waals surface area contributed by atoms with Gasteiger partial charge in [-0.15, -0.1) is 0 Å². The number of carbonyl (C=O) groups is 2. The Morgan fingerprint density at radius 3 is 1.79 bits per heavy atom. The van der Waals surface area contributed by atoms with Gasteiger partial charge in [0.05, 0.1) is 30.8 Å². The average molecular weight is 648 g/mol. The Bertz CT molecular complexity index is 1280. The highest BCUT2D eigenvalue weighted by Gasteiger charge is 2.90. The Kier molecular flexibility index (Phi) is 9.83. The van der Waals surface area contributed by atoms with Gasteiger partial charge in [0, 0.05) is 30.2 Å². The Hall–Kier alpha value is -3.54. The van der Waals surface area contributed by atoms with E-state index in [0.717, 1.165) is 7.11 Å². The summed E-state index contributed by atoms with van der Waals surface area (Å²) >= 11 is 0. The standard InChI is InChI=1S/C24H21F13N2O4/c1-11-14(17(40)42-3)16(13-6-4-8-38-10-13)15(12(2)39-11)18(41)43-9-5-7-19(25,26)20(27,28)21(29,30)22(31,32)23(33,34)24(35,36)37/h4,6,8,10,16,39H,5,7,9H2,1-3H3. The maximum atomic E-state index is 14.0. The van der Waals surface area contributed by atoms with Gasteiger partial charge >= 0.3 is 47.7 Å². The summed E-state index contributed by atoms with van der Waals surface area (Å²) in [6.07, 6.45) is -8.93. The van der Waals surface area contributed by atoms with Gasteiger partial charge in [-0.25, -0.2) is 9.59 Å². The zero-order valence-corrected chi connectivity index (χ0v) is 22.0. The van der Waals surface area contributed by atoms with Crippen molar-refractivity contribution in [2.45, 2.75) is 68.4 Å². The van der Waals surface area contributed by atoms with Crippen LogP contribution >= 0.6 is 0 Å². The van der Waals surface area contributed by atoms with Crippen LogP contribution in [0.25, 0.3) is 0 Å². The molecule has 1 unspecified atom stereocenters. The molecule has 1 aromatic rings. The predicted octanol–water partition coefficient (Wildman–Crippen LogP) is 6.55. The van der Waals surface area contributed by atoms with Crippen LogP contribution < -0.4 is 5.32 Å². The monoisotopic (exact) mass is 648 g/mol. The molecule has 0 saturated heterocycles. The van der Waals surface area contributed by atoms with E-state index >= 15 is 0 Å². The largest absolute Gasteiger partial charge is 0.466 e. The number of alkyl halides is 13. The third-order valence-corrected chi connectivity index (χ3v) is 6.27. The third kappa shape index (κ3) is 6.11. The molecule has 1 aromatic heterocycles. The summed E-state index contributed by atoms with van der Waals surface area (Å²) in [5.41, 5.74) is 0.0218. The van der Waals surface area contributed by atoms with Gasteiger partial charge in [0.25, 0.3) is 0 Å². The predicted molar refractivity (Wildman–Crippen MR) is 119 cm³/mol. The van der Waals surface area contributed by atoms with Crippen LogP contribution in [-0.2, 0) is 19.1 Å². The molecule has 2 rings (SSSR count). The number of pyridine rings is 1. The Labute approximate surface area is 233 Å². The number of ether oxygens (including phenoxy) is 2. The quantitative estimate of drug-likeness (QED) is 0.167. The number of allylic oxidation sites excluding steroid dienone is 2. The van der Waals surface area contributed by atoms with E-state index in [-0.39, 0.29) is 28.1 Å². The summed E-state index contributed by atoms with van der Waals surface area (Å²) < 4.78 is 182. The summed E-state index contributed by atoms with van der Waals surface area (Å²) in [5.74, 6) is -41.0. The van der Waals surface area contributed by atoms with Crippen LogP contribution in [0.5, 0.6) is 0 Å². The Morgan fingerprint density at radius 1 is 0.814 bits per heavy atom. The molecule has 1 N–H and O–H groups in total. The number of nitrogens with zero attached hydrogens (tertiary/aromatic N) is 1. The minimum Gasteiger partial charge on any atom is -0.466 e. The first-order valence-electron chi connectivity index (χ1n) is 11.7. The van der Waals surface area contributed by atoms with E-state index in [2.05, 4.69) is 10.3 Å². The average Bonchev–Trinajstić information content (AvgIpc) is 2.89. The van der Waals surface area contributed by atoms with Gasteiger partial charge < -0.3 is 14.8 Å². The molecule has 0 aromatic carbocycles. The molecule has 1 aliphatic heterocycles. The van der Waals surface area contributed by atoms with Gasteiger partial charge in [0.1, 0.15) is 0 Å². The third-order valence-electron chi connectivity index (χ3n) is 6.27. The molecule has 1 atom stereocenters. The lowest BCUT2D eigenvalue weighted by Crippen LogP contribution is -2.70. The number of carbonyl (C=O) groups excluding carboxylic acids is 2. The minimum absolute atomic E-state index is 0.0494. The highest BCUT2D eigenvalue weighted by atomic mass is 19.4. The van der Waals surface area contributed by atoms with Crippen LogP contribution in [0.3, 0.4) is 0 Å². The Balaban J connectivity index is 2.26. The van der Waals surface area contributed by atoms with Gasteiger partial charge in [0.15, 0.2) is 0 Å². The van der Waals surface area contributed by atoms with Gasteiger partial charge in [-0.05, 0) is 31.9 Å².